The van der Waals surface area contributed by atoms with Crippen molar-refractivity contribution in [3.8, 4) is 0 Å². The van der Waals surface area contributed by atoms with E-state index in [0.717, 1.165) is 4.90 Å². The summed E-state index contributed by atoms with van der Waals surface area (Å²) in [5.41, 5.74) is 0. The van der Waals surface area contributed by atoms with Gasteiger partial charge in [0.25, 0.3) is 5.91 Å². The summed E-state index contributed by atoms with van der Waals surface area (Å²) in [7, 11) is 3.07. The summed E-state index contributed by atoms with van der Waals surface area (Å²) in [6.45, 7) is 0. The topological polar surface area (TPSA) is 70.8 Å². The number of amides is 3. The Bertz CT molecular complexity index is 532. The molecule has 3 amide bonds. The maximum Gasteiger partial charge on any atom is 0.331 e. The number of urea groups is 1. The predicted molar refractivity (Wildman–Crippen MR) is 54.3 cm³/mol. The number of amidine groups is 1. The number of hydrogen-bond acceptors (Lipinski definition) is 4. The van der Waals surface area contributed by atoms with E-state index in [0.29, 0.717) is 11.8 Å². The number of aliphatic imine (C=N–C) groups is 1. The Morgan fingerprint density at radius 3 is 2.75 bits per heavy atom. The first-order valence-electron chi connectivity index (χ1n) is 4.78. The quantitative estimate of drug-likeness (QED) is 0.616. The number of likely N-dealkylation sites (N-methyl/N-ethyl adjacent to an activating group) is 2. The van der Waals surface area contributed by atoms with Gasteiger partial charge in [-0.2, -0.15) is 4.99 Å². The molecule has 1 fully saturated rings. The lowest BCUT2D eigenvalue weighted by atomic mass is 10.2. The van der Waals surface area contributed by atoms with Crippen LogP contribution in [0.4, 0.5) is 10.7 Å². The van der Waals surface area contributed by atoms with Crippen molar-refractivity contribution in [1.29, 1.82) is 0 Å². The SMILES string of the molecule is CN1C(=O)C2C(=Nc3nccn32)N(C)C1=O. The summed E-state index contributed by atoms with van der Waals surface area (Å²) in [6, 6.07) is -0.920. The Kier molecular flexibility index (Phi) is 1.52. The van der Waals surface area contributed by atoms with Crippen molar-refractivity contribution in [3.63, 3.8) is 0 Å². The normalized spacial score (nSPS) is 23.4. The smallest absolute Gasteiger partial charge is 0.296 e. The van der Waals surface area contributed by atoms with Crippen molar-refractivity contribution < 1.29 is 9.59 Å². The number of imidazole rings is 1. The monoisotopic (exact) mass is 219 g/mol. The van der Waals surface area contributed by atoms with E-state index in [4.69, 9.17) is 0 Å². The van der Waals surface area contributed by atoms with Gasteiger partial charge in [-0.25, -0.2) is 9.78 Å². The van der Waals surface area contributed by atoms with E-state index in [1.54, 1.807) is 24.0 Å². The first kappa shape index (κ1) is 9.08. The molecule has 1 atom stereocenters. The Labute approximate surface area is 91.0 Å². The molecule has 1 aromatic rings. The molecule has 0 aromatic carbocycles. The highest BCUT2D eigenvalue weighted by Crippen LogP contribution is 2.31. The Morgan fingerprint density at radius 1 is 1.25 bits per heavy atom. The molecular formula is C9H9N5O2. The van der Waals surface area contributed by atoms with Gasteiger partial charge in [0.15, 0.2) is 6.04 Å². The highest BCUT2D eigenvalue weighted by atomic mass is 16.2. The number of imide groups is 1. The third-order valence-corrected chi connectivity index (χ3v) is 2.87. The number of carbonyl (C=O) groups excluding carboxylic acids is 2. The average Bonchev–Trinajstić information content (AvgIpc) is 2.82. The number of hydrogen-bond donors (Lipinski definition) is 0. The van der Waals surface area contributed by atoms with Crippen LogP contribution >= 0.6 is 0 Å². The summed E-state index contributed by atoms with van der Waals surface area (Å²) < 4.78 is 1.66. The number of nitrogens with zero attached hydrogens (tertiary/aromatic N) is 5. The molecule has 1 aromatic heterocycles. The highest BCUT2D eigenvalue weighted by molar-refractivity contribution is 6.20. The zero-order valence-electron chi connectivity index (χ0n) is 8.78. The Morgan fingerprint density at radius 2 is 2.00 bits per heavy atom. The lowest BCUT2D eigenvalue weighted by molar-refractivity contribution is -0.129. The van der Waals surface area contributed by atoms with Crippen molar-refractivity contribution in [1.82, 2.24) is 19.4 Å². The summed E-state index contributed by atoms with van der Waals surface area (Å²) in [5.74, 6) is 0.623. The van der Waals surface area contributed by atoms with E-state index in [-0.39, 0.29) is 11.9 Å². The molecule has 0 N–H and O–H groups in total. The lowest BCUT2D eigenvalue weighted by Gasteiger charge is -2.33. The zero-order chi connectivity index (χ0) is 11.4. The van der Waals surface area contributed by atoms with Crippen LogP contribution in [0.1, 0.15) is 6.04 Å². The van der Waals surface area contributed by atoms with Gasteiger partial charge in [0, 0.05) is 26.5 Å². The largest absolute Gasteiger partial charge is 0.331 e. The Hall–Kier alpha value is -2.18. The highest BCUT2D eigenvalue weighted by Gasteiger charge is 2.45. The molecule has 3 rings (SSSR count). The number of rotatable bonds is 0. The molecule has 0 spiro atoms. The summed E-state index contributed by atoms with van der Waals surface area (Å²) >= 11 is 0. The van der Waals surface area contributed by atoms with E-state index in [1.165, 1.54) is 11.9 Å². The van der Waals surface area contributed by atoms with E-state index in [9.17, 15) is 9.59 Å². The fourth-order valence-corrected chi connectivity index (χ4v) is 1.97. The van der Waals surface area contributed by atoms with Crippen molar-refractivity contribution in [2.75, 3.05) is 14.1 Å². The van der Waals surface area contributed by atoms with Crippen LogP contribution in [-0.2, 0) is 4.79 Å². The summed E-state index contributed by atoms with van der Waals surface area (Å²) in [4.78, 5) is 34.3. The zero-order valence-corrected chi connectivity index (χ0v) is 8.78. The van der Waals surface area contributed by atoms with Gasteiger partial charge in [-0.15, -0.1) is 0 Å². The molecule has 16 heavy (non-hydrogen) atoms. The average molecular weight is 219 g/mol. The van der Waals surface area contributed by atoms with Crippen molar-refractivity contribution in [2.45, 2.75) is 6.04 Å². The third-order valence-electron chi connectivity index (χ3n) is 2.87. The first-order chi connectivity index (χ1) is 7.61. The van der Waals surface area contributed by atoms with Crippen LogP contribution in [0, 0.1) is 0 Å². The predicted octanol–water partition coefficient (Wildman–Crippen LogP) is -0.00840. The van der Waals surface area contributed by atoms with Crippen LogP contribution in [0.15, 0.2) is 17.4 Å². The van der Waals surface area contributed by atoms with Gasteiger partial charge in [0.05, 0.1) is 0 Å². The minimum atomic E-state index is -0.551. The van der Waals surface area contributed by atoms with Gasteiger partial charge < -0.3 is 0 Å². The summed E-state index contributed by atoms with van der Waals surface area (Å²) in [5, 5.41) is 0. The van der Waals surface area contributed by atoms with Crippen LogP contribution in [-0.4, -0.2) is 51.2 Å². The molecule has 82 valence electrons. The number of fused-ring (bicyclic) bond motifs is 3. The van der Waals surface area contributed by atoms with Crippen LogP contribution in [0.3, 0.4) is 0 Å². The van der Waals surface area contributed by atoms with Crippen LogP contribution < -0.4 is 0 Å². The van der Waals surface area contributed by atoms with E-state index in [2.05, 4.69) is 9.98 Å². The van der Waals surface area contributed by atoms with E-state index in [1.807, 2.05) is 0 Å². The molecule has 3 heterocycles. The van der Waals surface area contributed by atoms with Gasteiger partial charge in [0.1, 0.15) is 5.84 Å². The number of aromatic nitrogens is 2. The van der Waals surface area contributed by atoms with Crippen LogP contribution in [0.2, 0.25) is 0 Å². The van der Waals surface area contributed by atoms with Crippen molar-refractivity contribution in [3.05, 3.63) is 12.4 Å². The molecule has 1 unspecified atom stereocenters. The summed E-state index contributed by atoms with van der Waals surface area (Å²) in [6.07, 6.45) is 3.27. The fourth-order valence-electron chi connectivity index (χ4n) is 1.97. The minimum Gasteiger partial charge on any atom is -0.296 e. The van der Waals surface area contributed by atoms with E-state index >= 15 is 0 Å². The first-order valence-corrected chi connectivity index (χ1v) is 4.78. The van der Waals surface area contributed by atoms with Crippen LogP contribution in [0.25, 0.3) is 0 Å². The van der Waals surface area contributed by atoms with Crippen molar-refractivity contribution in [2.24, 2.45) is 4.99 Å². The molecular weight excluding hydrogens is 210 g/mol. The van der Waals surface area contributed by atoms with Gasteiger partial charge in [-0.1, -0.05) is 0 Å². The third kappa shape index (κ3) is 0.873. The van der Waals surface area contributed by atoms with Gasteiger partial charge in [0.2, 0.25) is 5.95 Å². The molecule has 0 aliphatic carbocycles. The van der Waals surface area contributed by atoms with Gasteiger partial charge in [-0.05, 0) is 0 Å². The second kappa shape index (κ2) is 2.69. The standard InChI is InChI=1S/C9H9N5O2/c1-12-6-5(7(15)13(2)9(12)16)14-4-3-10-8(14)11-6/h3-5H,1-2H3. The molecule has 2 aliphatic rings. The molecule has 7 nitrogen and oxygen atoms in total. The molecule has 2 aliphatic heterocycles. The van der Waals surface area contributed by atoms with Gasteiger partial charge >= 0.3 is 6.03 Å². The van der Waals surface area contributed by atoms with Crippen LogP contribution in [0.5, 0.6) is 0 Å². The fraction of sp³-hybridized carbons (Fsp3) is 0.333. The second-order valence-corrected chi connectivity index (χ2v) is 3.75. The minimum absolute atomic E-state index is 0.279. The number of carbonyl (C=O) groups is 2. The molecule has 0 radical (unpaired) electrons. The second-order valence-electron chi connectivity index (χ2n) is 3.75. The lowest BCUT2D eigenvalue weighted by Crippen LogP contribution is -2.55. The van der Waals surface area contributed by atoms with Gasteiger partial charge in [-0.3, -0.25) is 19.2 Å². The maximum atomic E-state index is 12.0. The Balaban J connectivity index is 2.16. The molecule has 1 saturated heterocycles. The maximum absolute atomic E-state index is 12.0. The molecule has 0 bridgehead atoms. The molecule has 7 heteroatoms. The van der Waals surface area contributed by atoms with Crippen molar-refractivity contribution >= 4 is 23.7 Å². The van der Waals surface area contributed by atoms with E-state index < -0.39 is 6.04 Å². The molecule has 0 saturated carbocycles.